The molecule has 3 aromatic rings. The maximum absolute atomic E-state index is 13.5. The Labute approximate surface area is 163 Å². The summed E-state index contributed by atoms with van der Waals surface area (Å²) in [5.74, 6) is 1.53. The number of carbonyl (C=O) groups is 1. The molecule has 2 aliphatic carbocycles. The summed E-state index contributed by atoms with van der Waals surface area (Å²) in [6.07, 6.45) is 7.21. The second-order valence-corrected chi connectivity index (χ2v) is 8.12. The molecule has 0 atom stereocenters. The molecule has 0 radical (unpaired) electrons. The van der Waals surface area contributed by atoms with Gasteiger partial charge in [-0.25, -0.2) is 0 Å². The largest absolute Gasteiger partial charge is 0.340 e. The molecular weight excluding hydrogens is 352 g/mol. The normalized spacial score (nSPS) is 18.9. The SMILES string of the molecule is Cc1nc(C2(NC(=O)c3cc(C4CC4)nc4ccccc34)CCCCC2)no1. The molecule has 0 bridgehead atoms. The quantitative estimate of drug-likeness (QED) is 0.730. The number of benzene rings is 1. The van der Waals surface area contributed by atoms with Gasteiger partial charge in [-0.2, -0.15) is 4.98 Å². The van der Waals surface area contributed by atoms with Crippen LogP contribution in [0.25, 0.3) is 10.9 Å². The Kier molecular flexibility index (Phi) is 4.14. The molecule has 28 heavy (non-hydrogen) atoms. The van der Waals surface area contributed by atoms with E-state index in [4.69, 9.17) is 9.51 Å². The van der Waals surface area contributed by atoms with Crippen LogP contribution in [0.4, 0.5) is 0 Å². The summed E-state index contributed by atoms with van der Waals surface area (Å²) >= 11 is 0. The van der Waals surface area contributed by atoms with Gasteiger partial charge in [0.2, 0.25) is 5.89 Å². The minimum absolute atomic E-state index is 0.0788. The molecule has 2 heterocycles. The molecule has 0 spiro atoms. The van der Waals surface area contributed by atoms with Crippen molar-refractivity contribution in [3.63, 3.8) is 0 Å². The summed E-state index contributed by atoms with van der Waals surface area (Å²) in [5, 5.41) is 8.36. The fourth-order valence-corrected chi connectivity index (χ4v) is 4.31. The van der Waals surface area contributed by atoms with Crippen molar-refractivity contribution in [2.45, 2.75) is 63.3 Å². The number of rotatable bonds is 4. The van der Waals surface area contributed by atoms with Crippen LogP contribution < -0.4 is 5.32 Å². The first kappa shape index (κ1) is 17.3. The van der Waals surface area contributed by atoms with Crippen LogP contribution in [0, 0.1) is 6.92 Å². The fraction of sp³-hybridized carbons (Fsp3) is 0.455. The maximum atomic E-state index is 13.5. The van der Waals surface area contributed by atoms with Crippen LogP contribution in [-0.4, -0.2) is 21.0 Å². The topological polar surface area (TPSA) is 80.9 Å². The van der Waals surface area contributed by atoms with Crippen molar-refractivity contribution >= 4 is 16.8 Å². The highest BCUT2D eigenvalue weighted by Crippen LogP contribution is 2.41. The lowest BCUT2D eigenvalue weighted by Crippen LogP contribution is -2.48. The van der Waals surface area contributed by atoms with Gasteiger partial charge in [0.15, 0.2) is 5.82 Å². The summed E-state index contributed by atoms with van der Waals surface area (Å²) in [5.41, 5.74) is 2.04. The number of hydrogen-bond acceptors (Lipinski definition) is 5. The summed E-state index contributed by atoms with van der Waals surface area (Å²) in [6.45, 7) is 1.78. The first-order valence-electron chi connectivity index (χ1n) is 10.2. The average molecular weight is 376 g/mol. The van der Waals surface area contributed by atoms with E-state index in [0.29, 0.717) is 23.2 Å². The first-order chi connectivity index (χ1) is 13.6. The zero-order valence-corrected chi connectivity index (χ0v) is 16.1. The van der Waals surface area contributed by atoms with E-state index in [9.17, 15) is 4.79 Å². The third-order valence-corrected chi connectivity index (χ3v) is 5.99. The highest BCUT2D eigenvalue weighted by atomic mass is 16.5. The molecule has 2 saturated carbocycles. The van der Waals surface area contributed by atoms with E-state index < -0.39 is 5.54 Å². The number of para-hydroxylation sites is 1. The van der Waals surface area contributed by atoms with E-state index in [0.717, 1.165) is 55.1 Å². The van der Waals surface area contributed by atoms with Crippen molar-refractivity contribution in [1.82, 2.24) is 20.4 Å². The second-order valence-electron chi connectivity index (χ2n) is 8.12. The van der Waals surface area contributed by atoms with Crippen LogP contribution in [-0.2, 0) is 5.54 Å². The van der Waals surface area contributed by atoms with Gasteiger partial charge in [-0.05, 0) is 37.8 Å². The van der Waals surface area contributed by atoms with Crippen LogP contribution in [0.15, 0.2) is 34.9 Å². The molecule has 0 aliphatic heterocycles. The molecule has 1 aromatic carbocycles. The Morgan fingerprint density at radius 1 is 1.14 bits per heavy atom. The molecule has 2 fully saturated rings. The van der Waals surface area contributed by atoms with Crippen LogP contribution in [0.1, 0.15) is 78.6 Å². The van der Waals surface area contributed by atoms with Crippen LogP contribution in [0.2, 0.25) is 0 Å². The minimum Gasteiger partial charge on any atom is -0.340 e. The Bertz CT molecular complexity index is 1030. The van der Waals surface area contributed by atoms with Crippen LogP contribution in [0.3, 0.4) is 0 Å². The standard InChI is InChI=1S/C22H24N4O2/c1-14-23-21(26-28-14)22(11-5-2-6-12-22)25-20(27)17-13-19(15-9-10-15)24-18-8-4-3-7-16(17)18/h3-4,7-8,13,15H,2,5-6,9-12H2,1H3,(H,25,27). The molecule has 5 rings (SSSR count). The van der Waals surface area contributed by atoms with Crippen molar-refractivity contribution in [1.29, 1.82) is 0 Å². The fourth-order valence-electron chi connectivity index (χ4n) is 4.31. The zero-order chi connectivity index (χ0) is 19.1. The van der Waals surface area contributed by atoms with E-state index in [-0.39, 0.29) is 5.91 Å². The summed E-state index contributed by atoms with van der Waals surface area (Å²) in [4.78, 5) is 22.7. The number of aryl methyl sites for hydroxylation is 1. The molecule has 1 amide bonds. The number of carbonyl (C=O) groups excluding carboxylic acids is 1. The molecule has 1 N–H and O–H groups in total. The molecule has 0 unspecified atom stereocenters. The average Bonchev–Trinajstić information content (AvgIpc) is 3.48. The minimum atomic E-state index is -0.558. The Morgan fingerprint density at radius 3 is 2.64 bits per heavy atom. The Balaban J connectivity index is 1.55. The van der Waals surface area contributed by atoms with E-state index in [2.05, 4.69) is 15.5 Å². The monoisotopic (exact) mass is 376 g/mol. The molecular formula is C22H24N4O2. The molecule has 6 nitrogen and oxygen atoms in total. The van der Waals surface area contributed by atoms with Crippen molar-refractivity contribution in [2.75, 3.05) is 0 Å². The van der Waals surface area contributed by atoms with Gasteiger partial charge < -0.3 is 9.84 Å². The van der Waals surface area contributed by atoms with Crippen molar-refractivity contribution in [2.24, 2.45) is 0 Å². The molecule has 0 saturated heterocycles. The van der Waals surface area contributed by atoms with E-state index in [1.54, 1.807) is 6.92 Å². The van der Waals surface area contributed by atoms with Gasteiger partial charge in [0.05, 0.1) is 11.1 Å². The van der Waals surface area contributed by atoms with Gasteiger partial charge in [-0.3, -0.25) is 9.78 Å². The second kappa shape index (κ2) is 6.69. The van der Waals surface area contributed by atoms with Gasteiger partial charge in [0, 0.05) is 23.9 Å². The van der Waals surface area contributed by atoms with Gasteiger partial charge in [-0.15, -0.1) is 0 Å². The van der Waals surface area contributed by atoms with Crippen molar-refractivity contribution in [3.05, 3.63) is 53.3 Å². The van der Waals surface area contributed by atoms with E-state index >= 15 is 0 Å². The molecule has 2 aliphatic rings. The number of hydrogen-bond donors (Lipinski definition) is 1. The predicted molar refractivity (Wildman–Crippen MR) is 105 cm³/mol. The highest BCUT2D eigenvalue weighted by Gasteiger charge is 2.40. The summed E-state index contributed by atoms with van der Waals surface area (Å²) in [6, 6.07) is 9.86. The van der Waals surface area contributed by atoms with Crippen molar-refractivity contribution in [3.8, 4) is 0 Å². The third-order valence-electron chi connectivity index (χ3n) is 5.99. The number of pyridine rings is 1. The van der Waals surface area contributed by atoms with Gasteiger partial charge in [0.25, 0.3) is 5.91 Å². The number of aromatic nitrogens is 3. The highest BCUT2D eigenvalue weighted by molar-refractivity contribution is 6.06. The zero-order valence-electron chi connectivity index (χ0n) is 16.1. The first-order valence-corrected chi connectivity index (χ1v) is 10.2. The Morgan fingerprint density at radius 2 is 1.93 bits per heavy atom. The van der Waals surface area contributed by atoms with Crippen LogP contribution >= 0.6 is 0 Å². The van der Waals surface area contributed by atoms with E-state index in [1.807, 2.05) is 30.3 Å². The van der Waals surface area contributed by atoms with Crippen LogP contribution in [0.5, 0.6) is 0 Å². The van der Waals surface area contributed by atoms with Crippen molar-refractivity contribution < 1.29 is 9.32 Å². The lowest BCUT2D eigenvalue weighted by molar-refractivity contribution is 0.0857. The number of fused-ring (bicyclic) bond motifs is 1. The molecule has 2 aromatic heterocycles. The summed E-state index contributed by atoms with van der Waals surface area (Å²) < 4.78 is 5.24. The smallest absolute Gasteiger partial charge is 0.252 e. The van der Waals surface area contributed by atoms with Gasteiger partial charge in [-0.1, -0.05) is 42.6 Å². The lowest BCUT2D eigenvalue weighted by atomic mass is 9.80. The predicted octanol–water partition coefficient (Wildman–Crippen LogP) is 4.39. The third kappa shape index (κ3) is 3.07. The van der Waals surface area contributed by atoms with E-state index in [1.165, 1.54) is 6.42 Å². The molecule has 144 valence electrons. The number of amides is 1. The summed E-state index contributed by atoms with van der Waals surface area (Å²) in [7, 11) is 0. The maximum Gasteiger partial charge on any atom is 0.252 e. The van der Waals surface area contributed by atoms with Gasteiger partial charge >= 0.3 is 0 Å². The number of nitrogens with one attached hydrogen (secondary N) is 1. The Hall–Kier alpha value is -2.76. The van der Waals surface area contributed by atoms with Gasteiger partial charge in [0.1, 0.15) is 5.54 Å². The lowest BCUT2D eigenvalue weighted by Gasteiger charge is -2.35. The molecule has 6 heteroatoms. The number of nitrogens with zero attached hydrogens (tertiary/aromatic N) is 3.